The van der Waals surface area contributed by atoms with Crippen molar-refractivity contribution < 1.29 is 4.79 Å². The van der Waals surface area contributed by atoms with Gasteiger partial charge >= 0.3 is 0 Å². The number of Topliss-reactive ketones (excluding diaryl/α,β-unsaturated/α-hetero) is 1. The van der Waals surface area contributed by atoms with Gasteiger partial charge in [0.05, 0.1) is 5.52 Å². The molecule has 4 heteroatoms. The van der Waals surface area contributed by atoms with Crippen molar-refractivity contribution in [3.8, 4) is 0 Å². The number of benzene rings is 1. The fourth-order valence-electron chi connectivity index (χ4n) is 4.15. The monoisotopic (exact) mass is 283 g/mol. The third kappa shape index (κ3) is 2.09. The minimum atomic E-state index is 0.194. The second-order valence-corrected chi connectivity index (χ2v) is 6.66. The zero-order chi connectivity index (χ0) is 14.6. The third-order valence-electron chi connectivity index (χ3n) is 5.38. The molecule has 0 radical (unpaired) electrons. The van der Waals surface area contributed by atoms with Crippen molar-refractivity contribution in [3.05, 3.63) is 30.0 Å². The maximum absolute atomic E-state index is 12.8. The first-order valence-corrected chi connectivity index (χ1v) is 7.81. The highest BCUT2D eigenvalue weighted by Crippen LogP contribution is 2.38. The van der Waals surface area contributed by atoms with Gasteiger partial charge in [-0.2, -0.15) is 5.10 Å². The number of ketones is 1. The first-order chi connectivity index (χ1) is 10.1. The quantitative estimate of drug-likeness (QED) is 0.795. The normalized spacial score (nSPS) is 29.1. The van der Waals surface area contributed by atoms with E-state index in [2.05, 4.69) is 17.0 Å². The van der Waals surface area contributed by atoms with Crippen molar-refractivity contribution in [1.82, 2.24) is 14.7 Å². The van der Waals surface area contributed by atoms with E-state index in [1.807, 2.05) is 31.4 Å². The minimum absolute atomic E-state index is 0.194. The van der Waals surface area contributed by atoms with Gasteiger partial charge in [-0.1, -0.05) is 12.1 Å². The summed E-state index contributed by atoms with van der Waals surface area (Å²) in [4.78, 5) is 15.3. The second kappa shape index (κ2) is 4.67. The van der Waals surface area contributed by atoms with Crippen LogP contribution in [0.1, 0.15) is 36.0 Å². The lowest BCUT2D eigenvalue weighted by Crippen LogP contribution is -2.42. The van der Waals surface area contributed by atoms with Crippen LogP contribution in [0.3, 0.4) is 0 Å². The molecule has 0 saturated carbocycles. The van der Waals surface area contributed by atoms with E-state index in [9.17, 15) is 4.79 Å². The van der Waals surface area contributed by atoms with E-state index < -0.39 is 0 Å². The number of nitrogens with zero attached hydrogens (tertiary/aromatic N) is 3. The molecule has 2 bridgehead atoms. The van der Waals surface area contributed by atoms with E-state index in [0.717, 1.165) is 29.3 Å². The van der Waals surface area contributed by atoms with Crippen molar-refractivity contribution >= 4 is 16.7 Å². The number of hydrogen-bond donors (Lipinski definition) is 0. The second-order valence-electron chi connectivity index (χ2n) is 6.66. The van der Waals surface area contributed by atoms with E-state index in [-0.39, 0.29) is 5.92 Å². The van der Waals surface area contributed by atoms with Gasteiger partial charge in [-0.25, -0.2) is 0 Å². The molecule has 2 aliphatic rings. The number of aryl methyl sites for hydroxylation is 1. The van der Waals surface area contributed by atoms with Crippen LogP contribution in [0.4, 0.5) is 0 Å². The summed E-state index contributed by atoms with van der Waals surface area (Å²) in [6.07, 6.45) is 6.53. The zero-order valence-corrected chi connectivity index (χ0v) is 12.6. The summed E-state index contributed by atoms with van der Waals surface area (Å²) in [7, 11) is 4.12. The van der Waals surface area contributed by atoms with Gasteiger partial charge in [0.15, 0.2) is 5.78 Å². The molecule has 2 saturated heterocycles. The first kappa shape index (κ1) is 13.0. The van der Waals surface area contributed by atoms with Crippen molar-refractivity contribution in [2.45, 2.75) is 37.8 Å². The molecule has 2 atom stereocenters. The Morgan fingerprint density at radius 1 is 1.19 bits per heavy atom. The number of rotatable bonds is 2. The van der Waals surface area contributed by atoms with Crippen LogP contribution in [0, 0.1) is 5.92 Å². The maximum atomic E-state index is 12.8. The zero-order valence-electron chi connectivity index (χ0n) is 12.6. The van der Waals surface area contributed by atoms with Crippen molar-refractivity contribution in [2.75, 3.05) is 7.05 Å². The van der Waals surface area contributed by atoms with Crippen molar-refractivity contribution in [2.24, 2.45) is 13.0 Å². The molecule has 4 rings (SSSR count). The average molecular weight is 283 g/mol. The molecule has 21 heavy (non-hydrogen) atoms. The summed E-state index contributed by atoms with van der Waals surface area (Å²) in [6.45, 7) is 0. The van der Waals surface area contributed by atoms with Crippen LogP contribution < -0.4 is 0 Å². The average Bonchev–Trinajstić information content (AvgIpc) is 2.91. The number of aromatic nitrogens is 2. The number of carbonyl (C=O) groups is 1. The predicted octanol–water partition coefficient (Wildman–Crippen LogP) is 2.63. The third-order valence-corrected chi connectivity index (χ3v) is 5.38. The summed E-state index contributed by atoms with van der Waals surface area (Å²) in [6, 6.07) is 7.15. The molecule has 2 aliphatic heterocycles. The molecule has 110 valence electrons. The van der Waals surface area contributed by atoms with Crippen LogP contribution >= 0.6 is 0 Å². The van der Waals surface area contributed by atoms with Gasteiger partial charge in [0.2, 0.25) is 0 Å². The Balaban J connectivity index is 1.61. The Morgan fingerprint density at radius 2 is 1.90 bits per heavy atom. The van der Waals surface area contributed by atoms with Gasteiger partial charge < -0.3 is 4.90 Å². The summed E-state index contributed by atoms with van der Waals surface area (Å²) in [5, 5.41) is 5.51. The molecule has 2 aromatic rings. The highest BCUT2D eigenvalue weighted by Gasteiger charge is 2.40. The summed E-state index contributed by atoms with van der Waals surface area (Å²) < 4.78 is 1.80. The largest absolute Gasteiger partial charge is 0.300 e. The highest BCUT2D eigenvalue weighted by molar-refractivity contribution is 6.00. The lowest BCUT2D eigenvalue weighted by atomic mass is 9.85. The summed E-state index contributed by atoms with van der Waals surface area (Å²) in [5.74, 6) is 0.507. The van der Waals surface area contributed by atoms with Gasteiger partial charge in [0.1, 0.15) is 0 Å². The lowest BCUT2D eigenvalue weighted by molar-refractivity contribution is 0.0767. The molecule has 0 amide bonds. The standard InChI is InChI=1S/C17H21N3O/c1-19-10-12-4-3-11(9-16(12)18-19)17(21)13-7-14-5-6-15(8-13)20(14)2/h3-4,9-10,13-15H,5-8H2,1-2H3. The van der Waals surface area contributed by atoms with Crippen molar-refractivity contribution in [1.29, 1.82) is 0 Å². The van der Waals surface area contributed by atoms with Crippen LogP contribution in [0.5, 0.6) is 0 Å². The molecule has 1 aromatic carbocycles. The van der Waals surface area contributed by atoms with Crippen molar-refractivity contribution in [3.63, 3.8) is 0 Å². The molecule has 0 aliphatic carbocycles. The number of carbonyl (C=O) groups excluding carboxylic acids is 1. The molecular formula is C17H21N3O. The molecule has 2 fully saturated rings. The van der Waals surface area contributed by atoms with Gasteiger partial charge in [0, 0.05) is 42.2 Å². The predicted molar refractivity (Wildman–Crippen MR) is 82.3 cm³/mol. The molecule has 1 aromatic heterocycles. The lowest BCUT2D eigenvalue weighted by Gasteiger charge is -2.35. The van der Waals surface area contributed by atoms with E-state index in [4.69, 9.17) is 0 Å². The first-order valence-electron chi connectivity index (χ1n) is 7.81. The van der Waals surface area contributed by atoms with Crippen LogP contribution in [0.2, 0.25) is 0 Å². The highest BCUT2D eigenvalue weighted by atomic mass is 16.1. The van der Waals surface area contributed by atoms with E-state index in [0.29, 0.717) is 17.9 Å². The van der Waals surface area contributed by atoms with Crippen LogP contribution in [-0.4, -0.2) is 39.6 Å². The van der Waals surface area contributed by atoms with E-state index >= 15 is 0 Å². The summed E-state index contributed by atoms with van der Waals surface area (Å²) in [5.41, 5.74) is 1.74. The Kier molecular flexibility index (Phi) is 2.89. The smallest absolute Gasteiger partial charge is 0.166 e. The van der Waals surface area contributed by atoms with Gasteiger partial charge in [-0.05, 0) is 38.8 Å². The Morgan fingerprint density at radius 3 is 2.62 bits per heavy atom. The molecule has 0 spiro atoms. The molecule has 2 unspecified atom stereocenters. The minimum Gasteiger partial charge on any atom is -0.300 e. The summed E-state index contributed by atoms with van der Waals surface area (Å²) >= 11 is 0. The Hall–Kier alpha value is -1.68. The molecular weight excluding hydrogens is 262 g/mol. The maximum Gasteiger partial charge on any atom is 0.166 e. The topological polar surface area (TPSA) is 38.1 Å². The van der Waals surface area contributed by atoms with Crippen LogP contribution in [0.25, 0.3) is 10.9 Å². The fourth-order valence-corrected chi connectivity index (χ4v) is 4.15. The fraction of sp³-hybridized carbons (Fsp3) is 0.529. The molecule has 0 N–H and O–H groups in total. The van der Waals surface area contributed by atoms with Gasteiger partial charge in [-0.15, -0.1) is 0 Å². The Bertz CT molecular complexity index is 691. The molecule has 3 heterocycles. The van der Waals surface area contributed by atoms with Gasteiger partial charge in [0.25, 0.3) is 0 Å². The number of fused-ring (bicyclic) bond motifs is 3. The van der Waals surface area contributed by atoms with E-state index in [1.54, 1.807) is 4.68 Å². The van der Waals surface area contributed by atoms with Gasteiger partial charge in [-0.3, -0.25) is 9.48 Å². The van der Waals surface area contributed by atoms with Crippen LogP contribution in [-0.2, 0) is 7.05 Å². The SMILES string of the molecule is CN1C2CCC1CC(C(=O)c1ccc3cn(C)nc3c1)C2. The Labute approximate surface area is 124 Å². The van der Waals surface area contributed by atoms with E-state index in [1.165, 1.54) is 12.8 Å². The number of piperidine rings is 1. The number of hydrogen-bond acceptors (Lipinski definition) is 3. The molecule has 4 nitrogen and oxygen atoms in total. The van der Waals surface area contributed by atoms with Crippen LogP contribution in [0.15, 0.2) is 24.4 Å².